The number of ketones is 1. The van der Waals surface area contributed by atoms with Crippen LogP contribution in [0.25, 0.3) is 0 Å². The van der Waals surface area contributed by atoms with Crippen LogP contribution in [0, 0.1) is 0 Å². The zero-order chi connectivity index (χ0) is 27.4. The summed E-state index contributed by atoms with van der Waals surface area (Å²) in [5.41, 5.74) is 3.41. The van der Waals surface area contributed by atoms with Crippen molar-refractivity contribution in [3.05, 3.63) is 101 Å². The van der Waals surface area contributed by atoms with E-state index in [4.69, 9.17) is 14.2 Å². The highest BCUT2D eigenvalue weighted by Crippen LogP contribution is 2.55. The van der Waals surface area contributed by atoms with E-state index >= 15 is 0 Å². The third-order valence-corrected chi connectivity index (χ3v) is 6.93. The number of fused-ring (bicyclic) bond motifs is 1. The topological polar surface area (TPSA) is 124 Å². The van der Waals surface area contributed by atoms with Gasteiger partial charge in [0.2, 0.25) is 5.75 Å². The maximum Gasteiger partial charge on any atom is 0.335 e. The molecule has 202 valence electrons. The first-order valence-electron chi connectivity index (χ1n) is 12.8. The summed E-state index contributed by atoms with van der Waals surface area (Å²) < 4.78 is 18.2. The first-order valence-corrected chi connectivity index (χ1v) is 12.8. The predicted octanol–water partition coefficient (Wildman–Crippen LogP) is 4.62. The molecule has 8 nitrogen and oxygen atoms in total. The molecule has 0 saturated carbocycles. The summed E-state index contributed by atoms with van der Waals surface area (Å²) in [7, 11) is 1.43. The first kappa shape index (κ1) is 26.2. The van der Waals surface area contributed by atoms with Gasteiger partial charge in [0, 0.05) is 24.5 Å². The Morgan fingerprint density at radius 1 is 1.05 bits per heavy atom. The van der Waals surface area contributed by atoms with Crippen molar-refractivity contribution in [2.75, 3.05) is 20.3 Å². The Bertz CT molecular complexity index is 1420. The van der Waals surface area contributed by atoms with Crippen LogP contribution < -0.4 is 19.2 Å². The van der Waals surface area contributed by atoms with E-state index in [-0.39, 0.29) is 54.2 Å². The molecule has 1 aromatic heterocycles. The van der Waals surface area contributed by atoms with E-state index in [0.29, 0.717) is 24.0 Å². The third-order valence-electron chi connectivity index (χ3n) is 6.93. The van der Waals surface area contributed by atoms with Crippen LogP contribution in [0.2, 0.25) is 0 Å². The Balaban J connectivity index is 1.72. The maximum absolute atomic E-state index is 11.7. The molecule has 0 radical (unpaired) electrons. The monoisotopic (exact) mass is 529 g/mol. The summed E-state index contributed by atoms with van der Waals surface area (Å²) in [5, 5.41) is 30.8. The van der Waals surface area contributed by atoms with E-state index in [9.17, 15) is 20.1 Å². The zero-order valence-electron chi connectivity index (χ0n) is 21.6. The number of carbonyl (C=O) groups excluding carboxylic acids is 1. The normalized spacial score (nSPS) is 15.3. The fourth-order valence-corrected chi connectivity index (χ4v) is 5.04. The summed E-state index contributed by atoms with van der Waals surface area (Å²) >= 11 is 0. The molecule has 4 N–H and O–H groups in total. The van der Waals surface area contributed by atoms with Gasteiger partial charge in [-0.2, -0.15) is 12.4 Å². The molecular formula is C31H31NO7. The number of rotatable bonds is 10. The Kier molecular flexibility index (Phi) is 7.74. The number of aromatic nitrogens is 1. The number of hydrogen-bond acceptors (Lipinski definition) is 6. The number of nitrogens with zero attached hydrogens (tertiary/aromatic N) is 1. The van der Waals surface area contributed by atoms with E-state index < -0.39 is 12.0 Å². The Hall–Kier alpha value is -4.43. The van der Waals surface area contributed by atoms with E-state index in [1.165, 1.54) is 7.11 Å². The van der Waals surface area contributed by atoms with Crippen molar-refractivity contribution in [1.29, 1.82) is 0 Å². The van der Waals surface area contributed by atoms with Crippen molar-refractivity contribution in [3.8, 4) is 28.7 Å². The Labute approximate surface area is 226 Å². The maximum atomic E-state index is 11.7. The van der Waals surface area contributed by atoms with Crippen LogP contribution in [0.15, 0.2) is 73.1 Å². The van der Waals surface area contributed by atoms with Gasteiger partial charge in [0.05, 0.1) is 13.7 Å². The van der Waals surface area contributed by atoms with E-state index in [1.54, 1.807) is 36.7 Å². The van der Waals surface area contributed by atoms with Crippen LogP contribution in [0.4, 0.5) is 0 Å². The minimum Gasteiger partial charge on any atom is -0.670 e. The molecule has 1 aliphatic heterocycles. The van der Waals surface area contributed by atoms with Gasteiger partial charge in [-0.1, -0.05) is 54.1 Å². The number of hydrogen-bond donors (Lipinski definition) is 3. The van der Waals surface area contributed by atoms with Gasteiger partial charge < -0.3 is 34.5 Å². The number of aliphatic hydroxyl groups excluding tert-OH is 1. The highest BCUT2D eigenvalue weighted by molar-refractivity contribution is 6.05. The van der Waals surface area contributed by atoms with E-state index in [2.05, 4.69) is 4.98 Å². The number of aliphatic hydroxyl groups is 1. The number of ether oxygens (including phenoxy) is 3. The lowest BCUT2D eigenvalue weighted by molar-refractivity contribution is 0.191. The average molecular weight is 530 g/mol. The quantitative estimate of drug-likeness (QED) is 0.202. The average Bonchev–Trinajstić information content (AvgIpc) is 3.48. The van der Waals surface area contributed by atoms with Gasteiger partial charge in [-0.25, -0.2) is 0 Å². The summed E-state index contributed by atoms with van der Waals surface area (Å²) in [6.07, 6.45) is 3.89. The number of benzene rings is 3. The van der Waals surface area contributed by atoms with Crippen LogP contribution in [-0.4, -0.2) is 46.2 Å². The summed E-state index contributed by atoms with van der Waals surface area (Å²) in [5.74, 6) is 0.119. The number of phenolic OH excluding ortho intramolecular Hbond substituents is 2. The van der Waals surface area contributed by atoms with Gasteiger partial charge in [-0.3, -0.25) is 4.79 Å². The molecule has 4 aromatic rings. The van der Waals surface area contributed by atoms with Gasteiger partial charge in [-0.15, -0.1) is 0 Å². The van der Waals surface area contributed by atoms with Crippen LogP contribution in [0.3, 0.4) is 0 Å². The second-order valence-electron chi connectivity index (χ2n) is 9.44. The standard InChI is InChI=1S/C31H30NO7/c1-37-31-28(36)26(23(21-12-13-32-18-21)16-19-6-3-2-4-7-19)29-27(30(31)38-15-5-14-33)24(35)17-25(39-29)20-8-10-22(34)11-9-20/h2-4,6-13,18,23,25,33-34H,5,14-17H2,1H3,(H,35,36)/q-1/p+1/t23-,25?/m1/s1. The molecule has 0 amide bonds. The molecular weight excluding hydrogens is 498 g/mol. The molecule has 0 aliphatic carbocycles. The Morgan fingerprint density at radius 2 is 1.82 bits per heavy atom. The first-order chi connectivity index (χ1) is 19.0. The fraction of sp³-hybridized carbons (Fsp3) is 0.258. The van der Waals surface area contributed by atoms with Gasteiger partial charge in [-0.05, 0) is 29.7 Å². The molecule has 0 saturated heterocycles. The number of aromatic hydroxyl groups is 2. The minimum absolute atomic E-state index is 0.0203. The van der Waals surface area contributed by atoms with Gasteiger partial charge in [0.25, 0.3) is 0 Å². The van der Waals surface area contributed by atoms with Crippen molar-refractivity contribution in [2.24, 2.45) is 0 Å². The van der Waals surface area contributed by atoms with Crippen molar-refractivity contribution in [3.63, 3.8) is 0 Å². The molecule has 1 unspecified atom stereocenters. The molecule has 8 heteroatoms. The van der Waals surface area contributed by atoms with E-state index in [1.807, 2.05) is 36.4 Å². The molecule has 1 aliphatic rings. The van der Waals surface area contributed by atoms with Crippen molar-refractivity contribution >= 4 is 5.78 Å². The molecule has 5 rings (SSSR count). The van der Waals surface area contributed by atoms with Crippen molar-refractivity contribution in [1.82, 2.24) is 4.98 Å². The largest absolute Gasteiger partial charge is 0.670 e. The number of phenols is 2. The van der Waals surface area contributed by atoms with Gasteiger partial charge in [0.15, 0.2) is 17.1 Å². The summed E-state index contributed by atoms with van der Waals surface area (Å²) in [6, 6.07) is 18.4. The number of methoxy groups -OCH3 is 1. The Morgan fingerprint density at radius 3 is 2.49 bits per heavy atom. The van der Waals surface area contributed by atoms with Crippen LogP contribution >= 0.6 is 0 Å². The fourth-order valence-electron chi connectivity index (χ4n) is 5.04. The molecule has 2 atom stereocenters. The SMILES string of the molecule is COc1c(O)c([C@H](Cc2ccccc2)c2cc[n-]c2)c2c(c1OCCCO)C(=[OH+])CC(c1ccc(O)cc1)O2. The lowest BCUT2D eigenvalue weighted by atomic mass is 9.82. The zero-order valence-corrected chi connectivity index (χ0v) is 21.6. The highest BCUT2D eigenvalue weighted by atomic mass is 16.5. The van der Waals surface area contributed by atoms with Crippen molar-refractivity contribution < 1.29 is 34.3 Å². The minimum atomic E-state index is -0.579. The smallest absolute Gasteiger partial charge is 0.335 e. The van der Waals surface area contributed by atoms with Gasteiger partial charge in [0.1, 0.15) is 24.0 Å². The highest BCUT2D eigenvalue weighted by Gasteiger charge is 2.42. The van der Waals surface area contributed by atoms with Crippen LogP contribution in [0.5, 0.6) is 28.7 Å². The molecule has 2 heterocycles. The van der Waals surface area contributed by atoms with E-state index in [0.717, 1.165) is 16.7 Å². The third kappa shape index (κ3) is 5.28. The van der Waals surface area contributed by atoms with Gasteiger partial charge >= 0.3 is 5.78 Å². The predicted molar refractivity (Wildman–Crippen MR) is 146 cm³/mol. The summed E-state index contributed by atoms with van der Waals surface area (Å²) in [4.78, 5) is 15.7. The summed E-state index contributed by atoms with van der Waals surface area (Å²) in [6.45, 7) is 0.0693. The molecule has 0 fully saturated rings. The van der Waals surface area contributed by atoms with Crippen LogP contribution in [0.1, 0.15) is 52.7 Å². The molecule has 0 spiro atoms. The lowest BCUT2D eigenvalue weighted by Gasteiger charge is -2.31. The second kappa shape index (κ2) is 11.5. The molecule has 39 heavy (non-hydrogen) atoms. The molecule has 0 bridgehead atoms. The van der Waals surface area contributed by atoms with Crippen molar-refractivity contribution in [2.45, 2.75) is 31.3 Å². The second-order valence-corrected chi connectivity index (χ2v) is 9.44. The molecule has 3 aromatic carbocycles. The lowest BCUT2D eigenvalue weighted by Crippen LogP contribution is -2.24. The van der Waals surface area contributed by atoms with Crippen LogP contribution in [-0.2, 0) is 6.42 Å².